The van der Waals surface area contributed by atoms with Crippen LogP contribution >= 0.6 is 11.3 Å². The second kappa shape index (κ2) is 3.38. The van der Waals surface area contributed by atoms with E-state index in [0.717, 1.165) is 21.9 Å². The van der Waals surface area contributed by atoms with Crippen molar-refractivity contribution in [2.24, 2.45) is 0 Å². The van der Waals surface area contributed by atoms with Crippen LogP contribution in [0.3, 0.4) is 0 Å². The zero-order valence-electron chi connectivity index (χ0n) is 9.01. The van der Waals surface area contributed by atoms with E-state index in [-0.39, 0.29) is 0 Å². The van der Waals surface area contributed by atoms with Gasteiger partial charge in [-0.05, 0) is 42.5 Å². The molecule has 5 heteroatoms. The quantitative estimate of drug-likeness (QED) is 0.645. The van der Waals surface area contributed by atoms with Gasteiger partial charge in [0.1, 0.15) is 0 Å². The van der Waals surface area contributed by atoms with Crippen molar-refractivity contribution in [1.82, 2.24) is 19.8 Å². The van der Waals surface area contributed by atoms with Gasteiger partial charge in [0.2, 0.25) is 0 Å². The third-order valence-electron chi connectivity index (χ3n) is 2.46. The van der Waals surface area contributed by atoms with E-state index >= 15 is 0 Å². The molecule has 3 heterocycles. The van der Waals surface area contributed by atoms with Crippen molar-refractivity contribution in [3.05, 3.63) is 34.8 Å². The molecule has 0 spiro atoms. The summed E-state index contributed by atoms with van der Waals surface area (Å²) >= 11 is 1.66. The lowest BCUT2D eigenvalue weighted by Gasteiger charge is -1.97. The van der Waals surface area contributed by atoms with E-state index < -0.39 is 0 Å². The maximum absolute atomic E-state index is 4.34. The minimum absolute atomic E-state index is 0.794. The zero-order valence-corrected chi connectivity index (χ0v) is 9.82. The Balaban J connectivity index is 2.30. The highest BCUT2D eigenvalue weighted by molar-refractivity contribution is 7.13. The number of rotatable bonds is 1. The van der Waals surface area contributed by atoms with E-state index in [1.54, 1.807) is 15.9 Å². The number of thiophene rings is 1. The van der Waals surface area contributed by atoms with E-state index in [9.17, 15) is 0 Å². The summed E-state index contributed by atoms with van der Waals surface area (Å²) < 4.78 is 1.78. The van der Waals surface area contributed by atoms with Crippen molar-refractivity contribution >= 4 is 17.0 Å². The molecule has 0 amide bonds. The minimum atomic E-state index is 0.794. The Morgan fingerprint density at radius 2 is 2.12 bits per heavy atom. The van der Waals surface area contributed by atoms with Crippen LogP contribution in [0.1, 0.15) is 11.1 Å². The van der Waals surface area contributed by atoms with Gasteiger partial charge in [0, 0.05) is 0 Å². The first-order valence-electron chi connectivity index (χ1n) is 4.98. The summed E-state index contributed by atoms with van der Waals surface area (Å²) in [6, 6.07) is 4.06. The zero-order chi connectivity index (χ0) is 11.1. The molecule has 16 heavy (non-hydrogen) atoms. The number of hydrogen-bond donors (Lipinski definition) is 0. The number of aromatic nitrogens is 4. The SMILES string of the molecule is Cc1cnn2c(-c3sccc3C)nnc2c1. The molecular weight excluding hydrogens is 220 g/mol. The van der Waals surface area contributed by atoms with Gasteiger partial charge in [0.25, 0.3) is 0 Å². The fourth-order valence-electron chi connectivity index (χ4n) is 1.63. The molecule has 0 N–H and O–H groups in total. The molecule has 0 aromatic carbocycles. The van der Waals surface area contributed by atoms with Gasteiger partial charge in [0.15, 0.2) is 11.5 Å². The van der Waals surface area contributed by atoms with Crippen LogP contribution in [-0.4, -0.2) is 19.8 Å². The third-order valence-corrected chi connectivity index (χ3v) is 3.48. The maximum atomic E-state index is 4.34. The van der Waals surface area contributed by atoms with Crippen molar-refractivity contribution < 1.29 is 0 Å². The summed E-state index contributed by atoms with van der Waals surface area (Å²) in [5.41, 5.74) is 3.10. The van der Waals surface area contributed by atoms with Gasteiger partial charge in [-0.1, -0.05) is 0 Å². The van der Waals surface area contributed by atoms with E-state index in [0.29, 0.717) is 0 Å². The van der Waals surface area contributed by atoms with E-state index in [4.69, 9.17) is 0 Å². The highest BCUT2D eigenvalue weighted by Gasteiger charge is 2.12. The standard InChI is InChI=1S/C11H10N4S/c1-7-5-9-13-14-11(15(9)12-6-7)10-8(2)3-4-16-10/h3-6H,1-2H3. The number of nitrogens with zero attached hydrogens (tertiary/aromatic N) is 4. The molecule has 3 aromatic heterocycles. The fraction of sp³-hybridized carbons (Fsp3) is 0.182. The van der Waals surface area contributed by atoms with Crippen LogP contribution in [-0.2, 0) is 0 Å². The van der Waals surface area contributed by atoms with Gasteiger partial charge in [-0.25, -0.2) is 0 Å². The van der Waals surface area contributed by atoms with Crippen LogP contribution < -0.4 is 0 Å². The average molecular weight is 230 g/mol. The maximum Gasteiger partial charge on any atom is 0.195 e. The molecule has 0 radical (unpaired) electrons. The molecular formula is C11H10N4S. The van der Waals surface area contributed by atoms with Crippen molar-refractivity contribution in [2.45, 2.75) is 13.8 Å². The molecule has 0 saturated heterocycles. The highest BCUT2D eigenvalue weighted by atomic mass is 32.1. The van der Waals surface area contributed by atoms with E-state index in [1.165, 1.54) is 5.56 Å². The van der Waals surface area contributed by atoms with Crippen LogP contribution in [0.2, 0.25) is 0 Å². The predicted molar refractivity (Wildman–Crippen MR) is 63.6 cm³/mol. The molecule has 0 saturated carbocycles. The average Bonchev–Trinajstić information content (AvgIpc) is 2.83. The summed E-state index contributed by atoms with van der Waals surface area (Å²) in [5.74, 6) is 0.822. The molecule has 0 bridgehead atoms. The summed E-state index contributed by atoms with van der Waals surface area (Å²) in [6.45, 7) is 4.07. The predicted octanol–water partition coefficient (Wildman–Crippen LogP) is 2.47. The first-order chi connectivity index (χ1) is 7.75. The van der Waals surface area contributed by atoms with Crippen molar-refractivity contribution in [2.75, 3.05) is 0 Å². The Morgan fingerprint density at radius 3 is 2.88 bits per heavy atom. The molecule has 0 aliphatic carbocycles. The number of fused-ring (bicyclic) bond motifs is 1. The van der Waals surface area contributed by atoms with Gasteiger partial charge in [0.05, 0.1) is 11.1 Å². The van der Waals surface area contributed by atoms with E-state index in [1.807, 2.05) is 19.2 Å². The monoisotopic (exact) mass is 230 g/mol. The molecule has 0 unspecified atom stereocenters. The first kappa shape index (κ1) is 9.47. The van der Waals surface area contributed by atoms with Crippen molar-refractivity contribution in [3.8, 4) is 10.7 Å². The first-order valence-corrected chi connectivity index (χ1v) is 5.86. The summed E-state index contributed by atoms with van der Waals surface area (Å²) in [4.78, 5) is 1.13. The van der Waals surface area contributed by atoms with Crippen LogP contribution in [0, 0.1) is 13.8 Å². The Hall–Kier alpha value is -1.75. The lowest BCUT2D eigenvalue weighted by Crippen LogP contribution is -1.94. The van der Waals surface area contributed by atoms with Gasteiger partial charge >= 0.3 is 0 Å². The fourth-order valence-corrected chi connectivity index (χ4v) is 2.52. The minimum Gasteiger partial charge on any atom is -0.192 e. The second-order valence-electron chi connectivity index (χ2n) is 3.76. The normalized spacial score (nSPS) is 11.1. The largest absolute Gasteiger partial charge is 0.195 e. The van der Waals surface area contributed by atoms with Gasteiger partial charge in [-0.2, -0.15) is 9.61 Å². The van der Waals surface area contributed by atoms with Gasteiger partial charge < -0.3 is 0 Å². The summed E-state index contributed by atoms with van der Waals surface area (Å²) in [5, 5.41) is 14.7. The third kappa shape index (κ3) is 1.32. The Labute approximate surface area is 96.6 Å². The van der Waals surface area contributed by atoms with Crippen molar-refractivity contribution in [1.29, 1.82) is 0 Å². The molecule has 3 aromatic rings. The second-order valence-corrected chi connectivity index (χ2v) is 4.68. The van der Waals surface area contributed by atoms with Crippen LogP contribution in [0.5, 0.6) is 0 Å². The summed E-state index contributed by atoms with van der Waals surface area (Å²) in [6.07, 6.45) is 1.82. The lowest BCUT2D eigenvalue weighted by molar-refractivity contribution is 0.928. The molecule has 80 valence electrons. The Morgan fingerprint density at radius 1 is 1.25 bits per heavy atom. The van der Waals surface area contributed by atoms with Gasteiger partial charge in [-0.15, -0.1) is 21.5 Å². The number of aryl methyl sites for hydroxylation is 2. The van der Waals surface area contributed by atoms with E-state index in [2.05, 4.69) is 33.7 Å². The summed E-state index contributed by atoms with van der Waals surface area (Å²) in [7, 11) is 0. The number of hydrogen-bond acceptors (Lipinski definition) is 4. The van der Waals surface area contributed by atoms with Crippen LogP contribution in [0.25, 0.3) is 16.3 Å². The lowest BCUT2D eigenvalue weighted by atomic mass is 10.3. The Bertz CT molecular complexity index is 653. The molecule has 0 atom stereocenters. The highest BCUT2D eigenvalue weighted by Crippen LogP contribution is 2.27. The van der Waals surface area contributed by atoms with Crippen LogP contribution in [0.4, 0.5) is 0 Å². The molecule has 3 rings (SSSR count). The molecule has 4 nitrogen and oxygen atoms in total. The smallest absolute Gasteiger partial charge is 0.192 e. The topological polar surface area (TPSA) is 43.1 Å². The molecule has 0 aliphatic rings. The molecule has 0 fully saturated rings. The Kier molecular flexibility index (Phi) is 2.00. The van der Waals surface area contributed by atoms with Crippen LogP contribution in [0.15, 0.2) is 23.7 Å². The van der Waals surface area contributed by atoms with Gasteiger partial charge in [-0.3, -0.25) is 0 Å². The molecule has 0 aliphatic heterocycles. The van der Waals surface area contributed by atoms with Crippen molar-refractivity contribution in [3.63, 3.8) is 0 Å².